The van der Waals surface area contributed by atoms with E-state index in [1.165, 1.54) is 0 Å². The molecule has 1 fully saturated rings. The second-order valence-corrected chi connectivity index (χ2v) is 8.98. The van der Waals surface area contributed by atoms with Crippen LogP contribution in [0, 0.1) is 6.92 Å². The molecule has 9 heteroatoms. The van der Waals surface area contributed by atoms with Crippen molar-refractivity contribution in [1.29, 1.82) is 0 Å². The zero-order valence-electron chi connectivity index (χ0n) is 19.3. The van der Waals surface area contributed by atoms with Crippen molar-refractivity contribution in [2.75, 3.05) is 13.1 Å². The Morgan fingerprint density at radius 3 is 2.59 bits per heavy atom. The van der Waals surface area contributed by atoms with Gasteiger partial charge in [0.2, 0.25) is 17.6 Å². The highest BCUT2D eigenvalue weighted by Gasteiger charge is 2.37. The Morgan fingerprint density at radius 2 is 1.82 bits per heavy atom. The average Bonchev–Trinajstić information content (AvgIpc) is 3.54. The summed E-state index contributed by atoms with van der Waals surface area (Å²) >= 11 is 0. The molecule has 1 aromatic carbocycles. The number of piperidine rings is 1. The van der Waals surface area contributed by atoms with Crippen molar-refractivity contribution in [3.8, 4) is 22.8 Å². The van der Waals surface area contributed by atoms with Gasteiger partial charge in [-0.15, -0.1) is 0 Å². The summed E-state index contributed by atoms with van der Waals surface area (Å²) in [7, 11) is 0. The van der Waals surface area contributed by atoms with E-state index >= 15 is 0 Å². The van der Waals surface area contributed by atoms with Crippen LogP contribution in [0.5, 0.6) is 0 Å². The first-order chi connectivity index (χ1) is 16.5. The molecule has 5 rings (SSSR count). The van der Waals surface area contributed by atoms with Crippen LogP contribution < -0.4 is 0 Å². The molecule has 1 aliphatic rings. The average molecular weight is 459 g/mol. The predicted octanol–water partition coefficient (Wildman–Crippen LogP) is 4.00. The smallest absolute Gasteiger partial charge is 0.258 e. The number of aromatic nitrogens is 5. The highest BCUT2D eigenvalue weighted by atomic mass is 16.5. The van der Waals surface area contributed by atoms with Crippen LogP contribution in [0.15, 0.2) is 57.8 Å². The molecule has 0 atom stereocenters. The van der Waals surface area contributed by atoms with Crippen LogP contribution in [0.2, 0.25) is 0 Å². The molecule has 1 aliphatic heterocycles. The molecule has 4 heterocycles. The van der Waals surface area contributed by atoms with Crippen LogP contribution in [0.25, 0.3) is 22.8 Å². The first-order valence-electron chi connectivity index (χ1n) is 11.4. The molecule has 3 aromatic heterocycles. The van der Waals surface area contributed by atoms with Gasteiger partial charge in [-0.3, -0.25) is 9.78 Å². The number of benzene rings is 1. The minimum absolute atomic E-state index is 0.0861. The van der Waals surface area contributed by atoms with Crippen molar-refractivity contribution in [2.45, 2.75) is 44.9 Å². The number of likely N-dealkylation sites (tertiary alicyclic amines) is 1. The molecule has 0 N–H and O–H groups in total. The van der Waals surface area contributed by atoms with E-state index in [-0.39, 0.29) is 11.3 Å². The zero-order chi connectivity index (χ0) is 23.5. The maximum atomic E-state index is 12.8. The molecule has 1 amide bonds. The molecule has 0 saturated carbocycles. The van der Waals surface area contributed by atoms with Gasteiger partial charge in [-0.2, -0.15) is 9.97 Å². The number of carbonyl (C=O) groups is 1. The number of rotatable bonds is 6. The fourth-order valence-electron chi connectivity index (χ4n) is 4.18. The Morgan fingerprint density at radius 1 is 1.03 bits per heavy atom. The van der Waals surface area contributed by atoms with Crippen molar-refractivity contribution < 1.29 is 13.8 Å². The maximum absolute atomic E-state index is 12.8. The molecule has 4 aromatic rings. The molecule has 9 nitrogen and oxygen atoms in total. The lowest BCUT2D eigenvalue weighted by atomic mass is 9.79. The second-order valence-electron chi connectivity index (χ2n) is 8.98. The van der Waals surface area contributed by atoms with Crippen molar-refractivity contribution in [3.63, 3.8) is 0 Å². The van der Waals surface area contributed by atoms with Crippen molar-refractivity contribution in [2.24, 2.45) is 0 Å². The fourth-order valence-corrected chi connectivity index (χ4v) is 4.18. The van der Waals surface area contributed by atoms with Crippen molar-refractivity contribution in [1.82, 2.24) is 30.2 Å². The van der Waals surface area contributed by atoms with E-state index in [1.807, 2.05) is 48.2 Å². The van der Waals surface area contributed by atoms with Gasteiger partial charge in [0.05, 0.1) is 0 Å². The van der Waals surface area contributed by atoms with Crippen molar-refractivity contribution in [3.05, 3.63) is 66.1 Å². The molecule has 0 aliphatic carbocycles. The minimum Gasteiger partial charge on any atom is -0.343 e. The standard InChI is InChI=1S/C25H26N6O3/c1-17-4-3-5-19(16-17)22-27-20(33-29-22)6-7-21(32)31-14-10-25(2,11-15-31)24-28-23(34-30-24)18-8-12-26-13-9-18/h3-5,8-9,12-13,16H,6-7,10-11,14-15H2,1-2H3. The summed E-state index contributed by atoms with van der Waals surface area (Å²) in [6, 6.07) is 11.6. The van der Waals surface area contributed by atoms with Gasteiger partial charge in [0.1, 0.15) is 0 Å². The predicted molar refractivity (Wildman–Crippen MR) is 123 cm³/mol. The third-order valence-electron chi connectivity index (χ3n) is 6.41. The number of carbonyl (C=O) groups excluding carboxylic acids is 1. The summed E-state index contributed by atoms with van der Waals surface area (Å²) < 4.78 is 10.8. The SMILES string of the molecule is Cc1cccc(-c2noc(CCC(=O)N3CCC(C)(c4noc(-c5ccncc5)n4)CC3)n2)c1. The van der Waals surface area contributed by atoms with E-state index < -0.39 is 0 Å². The Kier molecular flexibility index (Phi) is 5.91. The monoisotopic (exact) mass is 458 g/mol. The molecule has 0 unspecified atom stereocenters. The Bertz CT molecular complexity index is 1270. The minimum atomic E-state index is -0.235. The highest BCUT2D eigenvalue weighted by Crippen LogP contribution is 2.34. The molecular weight excluding hydrogens is 432 g/mol. The second kappa shape index (κ2) is 9.17. The van der Waals surface area contributed by atoms with Crippen LogP contribution in [0.4, 0.5) is 0 Å². The summed E-state index contributed by atoms with van der Waals surface area (Å²) in [6.07, 6.45) is 5.69. The number of hydrogen-bond donors (Lipinski definition) is 0. The molecule has 0 radical (unpaired) electrons. The number of amides is 1. The summed E-state index contributed by atoms with van der Waals surface area (Å²) in [6.45, 7) is 5.44. The van der Waals surface area contributed by atoms with E-state index in [0.717, 1.165) is 29.5 Å². The van der Waals surface area contributed by atoms with Gasteiger partial charge in [-0.1, -0.05) is 41.0 Å². The first-order valence-corrected chi connectivity index (χ1v) is 11.4. The third-order valence-corrected chi connectivity index (χ3v) is 6.41. The van der Waals surface area contributed by atoms with Gasteiger partial charge in [-0.05, 0) is 38.0 Å². The number of hydrogen-bond acceptors (Lipinski definition) is 8. The van der Waals surface area contributed by atoms with E-state index in [9.17, 15) is 4.79 Å². The van der Waals surface area contributed by atoms with Gasteiger partial charge in [0, 0.05) is 54.9 Å². The highest BCUT2D eigenvalue weighted by molar-refractivity contribution is 5.76. The lowest BCUT2D eigenvalue weighted by Crippen LogP contribution is -2.44. The fraction of sp³-hybridized carbons (Fsp3) is 0.360. The summed E-state index contributed by atoms with van der Waals surface area (Å²) in [5, 5.41) is 8.29. The van der Waals surface area contributed by atoms with Gasteiger partial charge in [0.25, 0.3) is 5.89 Å². The molecule has 0 bridgehead atoms. The Balaban J connectivity index is 1.15. The molecule has 174 valence electrons. The van der Waals surface area contributed by atoms with E-state index in [0.29, 0.717) is 49.4 Å². The van der Waals surface area contributed by atoms with Crippen molar-refractivity contribution >= 4 is 5.91 Å². The molecular formula is C25H26N6O3. The van der Waals surface area contributed by atoms with Gasteiger partial charge >= 0.3 is 0 Å². The topological polar surface area (TPSA) is 111 Å². The Hall–Kier alpha value is -3.88. The maximum Gasteiger partial charge on any atom is 0.258 e. The number of nitrogens with zero attached hydrogens (tertiary/aromatic N) is 6. The Labute approximate surface area is 197 Å². The lowest BCUT2D eigenvalue weighted by molar-refractivity contribution is -0.132. The van der Waals surface area contributed by atoms with Crippen LogP contribution >= 0.6 is 0 Å². The normalized spacial score (nSPS) is 15.4. The first kappa shape index (κ1) is 21.9. The molecule has 34 heavy (non-hydrogen) atoms. The lowest BCUT2D eigenvalue weighted by Gasteiger charge is -2.37. The van der Waals surface area contributed by atoms with Gasteiger partial charge < -0.3 is 13.9 Å². The number of aryl methyl sites for hydroxylation is 2. The summed E-state index contributed by atoms with van der Waals surface area (Å²) in [5.74, 6) is 2.28. The van der Waals surface area contributed by atoms with Gasteiger partial charge in [-0.25, -0.2) is 0 Å². The van der Waals surface area contributed by atoms with Crippen LogP contribution in [-0.4, -0.2) is 49.2 Å². The molecule has 1 saturated heterocycles. The van der Waals surface area contributed by atoms with Crippen LogP contribution in [0.1, 0.15) is 43.5 Å². The van der Waals surface area contributed by atoms with E-state index in [2.05, 4.69) is 32.2 Å². The van der Waals surface area contributed by atoms with E-state index in [1.54, 1.807) is 12.4 Å². The molecule has 0 spiro atoms. The zero-order valence-corrected chi connectivity index (χ0v) is 19.3. The summed E-state index contributed by atoms with van der Waals surface area (Å²) in [5.41, 5.74) is 2.65. The summed E-state index contributed by atoms with van der Waals surface area (Å²) in [4.78, 5) is 27.8. The largest absolute Gasteiger partial charge is 0.343 e. The van der Waals surface area contributed by atoms with Crippen LogP contribution in [0.3, 0.4) is 0 Å². The quantitative estimate of drug-likeness (QED) is 0.426. The van der Waals surface area contributed by atoms with Crippen LogP contribution in [-0.2, 0) is 16.6 Å². The van der Waals surface area contributed by atoms with Gasteiger partial charge in [0.15, 0.2) is 5.82 Å². The number of pyridine rings is 1. The van der Waals surface area contributed by atoms with E-state index in [4.69, 9.17) is 9.05 Å². The third kappa shape index (κ3) is 4.59.